The molecule has 2 aliphatic rings. The third-order valence-corrected chi connectivity index (χ3v) is 8.39. The Labute approximate surface area is 252 Å². The molecule has 2 atom stereocenters. The second-order valence-electron chi connectivity index (χ2n) is 13.5. The maximum Gasteiger partial charge on any atom is 0.0585 e. The van der Waals surface area contributed by atoms with Gasteiger partial charge in [-0.1, -0.05) is 152 Å². The molecule has 0 bridgehead atoms. The highest BCUT2D eigenvalue weighted by atomic mass is 16.3. The molecule has 41 heavy (non-hydrogen) atoms. The lowest BCUT2D eigenvalue weighted by molar-refractivity contribution is 0.116. The first-order valence-corrected chi connectivity index (χ1v) is 15.3. The monoisotopic (exact) mass is 552 g/mol. The van der Waals surface area contributed by atoms with Crippen LogP contribution in [-0.4, -0.2) is 11.2 Å². The van der Waals surface area contributed by atoms with E-state index in [-0.39, 0.29) is 11.5 Å². The van der Waals surface area contributed by atoms with E-state index in [2.05, 4.69) is 160 Å². The minimum absolute atomic E-state index is 0.0126. The summed E-state index contributed by atoms with van der Waals surface area (Å²) in [4.78, 5) is 0. The lowest BCUT2D eigenvalue weighted by Gasteiger charge is -2.36. The highest BCUT2D eigenvalue weighted by molar-refractivity contribution is 5.38. The topological polar surface area (TPSA) is 20.2 Å². The summed E-state index contributed by atoms with van der Waals surface area (Å²) in [5.41, 5.74) is 9.40. The molecule has 0 aromatic heterocycles. The molecule has 2 rings (SSSR count). The van der Waals surface area contributed by atoms with Gasteiger partial charge >= 0.3 is 0 Å². The van der Waals surface area contributed by atoms with Gasteiger partial charge in [-0.25, -0.2) is 0 Å². The zero-order chi connectivity index (χ0) is 30.6. The van der Waals surface area contributed by atoms with Gasteiger partial charge in [0.25, 0.3) is 0 Å². The first kappa shape index (κ1) is 34.3. The van der Waals surface area contributed by atoms with E-state index < -0.39 is 0 Å². The van der Waals surface area contributed by atoms with E-state index in [9.17, 15) is 5.11 Å². The van der Waals surface area contributed by atoms with Crippen LogP contribution in [-0.2, 0) is 0 Å². The number of hydrogen-bond donors (Lipinski definition) is 1. The second-order valence-corrected chi connectivity index (χ2v) is 13.5. The largest absolute Gasteiger partial charge is 0.393 e. The van der Waals surface area contributed by atoms with Gasteiger partial charge < -0.3 is 5.11 Å². The van der Waals surface area contributed by atoms with Crippen molar-refractivity contribution in [2.24, 2.45) is 16.7 Å². The van der Waals surface area contributed by atoms with Gasteiger partial charge in [0.2, 0.25) is 0 Å². The average Bonchev–Trinajstić information content (AvgIpc) is 2.84. The van der Waals surface area contributed by atoms with Crippen molar-refractivity contribution in [2.45, 2.75) is 101 Å². The summed E-state index contributed by atoms with van der Waals surface area (Å²) in [5.74, 6) is 0.524. The minimum Gasteiger partial charge on any atom is -0.393 e. The Balaban J connectivity index is 1.89. The predicted molar refractivity (Wildman–Crippen MR) is 183 cm³/mol. The zero-order valence-corrected chi connectivity index (χ0v) is 27.6. The van der Waals surface area contributed by atoms with E-state index in [1.165, 1.54) is 51.9 Å². The van der Waals surface area contributed by atoms with Crippen LogP contribution in [0.2, 0.25) is 0 Å². The van der Waals surface area contributed by atoms with Crippen molar-refractivity contribution in [3.05, 3.63) is 130 Å². The Kier molecular flexibility index (Phi) is 13.3. The molecule has 1 N–H and O–H groups in total. The molecule has 222 valence electrons. The molecular formula is C40H56O. The van der Waals surface area contributed by atoms with Crippen molar-refractivity contribution < 1.29 is 5.11 Å². The van der Waals surface area contributed by atoms with Crippen molar-refractivity contribution >= 4 is 0 Å². The van der Waals surface area contributed by atoms with Gasteiger partial charge in [-0.15, -0.1) is 0 Å². The molecule has 0 saturated carbocycles. The highest BCUT2D eigenvalue weighted by Gasteiger charge is 2.31. The van der Waals surface area contributed by atoms with Gasteiger partial charge in [-0.3, -0.25) is 0 Å². The zero-order valence-electron chi connectivity index (χ0n) is 27.6. The molecule has 2 aliphatic carbocycles. The van der Waals surface area contributed by atoms with Crippen LogP contribution in [0.3, 0.4) is 0 Å². The average molecular weight is 553 g/mol. The van der Waals surface area contributed by atoms with E-state index in [1.807, 2.05) is 0 Å². The fraction of sp³-hybridized carbons (Fsp3) is 0.450. The number of aliphatic hydroxyl groups is 1. The smallest absolute Gasteiger partial charge is 0.0585 e. The third kappa shape index (κ3) is 11.9. The molecule has 0 amide bonds. The molecule has 0 aliphatic heterocycles. The molecule has 0 heterocycles. The Morgan fingerprint density at radius 1 is 0.756 bits per heavy atom. The normalized spacial score (nSPS) is 25.1. The van der Waals surface area contributed by atoms with Gasteiger partial charge in [-0.2, -0.15) is 0 Å². The number of hydrogen-bond acceptors (Lipinski definition) is 1. The van der Waals surface area contributed by atoms with E-state index in [4.69, 9.17) is 0 Å². The molecule has 0 aromatic carbocycles. The summed E-state index contributed by atoms with van der Waals surface area (Å²) >= 11 is 0. The van der Waals surface area contributed by atoms with E-state index in [1.54, 1.807) is 0 Å². The number of aliphatic hydroxyl groups excluding tert-OH is 1. The predicted octanol–water partition coefficient (Wildman–Crippen LogP) is 11.4. The number of allylic oxidation sites excluding steroid dienone is 21. The first-order valence-electron chi connectivity index (χ1n) is 15.3. The van der Waals surface area contributed by atoms with Crippen LogP contribution >= 0.6 is 0 Å². The lowest BCUT2D eigenvalue weighted by Crippen LogP contribution is -2.28. The van der Waals surface area contributed by atoms with Crippen LogP contribution in [0, 0.1) is 16.7 Å². The van der Waals surface area contributed by atoms with E-state index in [0.29, 0.717) is 11.3 Å². The fourth-order valence-corrected chi connectivity index (χ4v) is 5.97. The van der Waals surface area contributed by atoms with Gasteiger partial charge in [0.1, 0.15) is 0 Å². The summed E-state index contributed by atoms with van der Waals surface area (Å²) in [6.45, 7) is 22.2. The summed E-state index contributed by atoms with van der Waals surface area (Å²) in [6.07, 6.45) is 36.6. The summed E-state index contributed by atoms with van der Waals surface area (Å²) in [6, 6.07) is 0. The molecule has 0 unspecified atom stereocenters. The fourth-order valence-electron chi connectivity index (χ4n) is 5.97. The van der Waals surface area contributed by atoms with Crippen LogP contribution in [0.1, 0.15) is 94.9 Å². The first-order chi connectivity index (χ1) is 19.2. The molecule has 0 saturated heterocycles. The van der Waals surface area contributed by atoms with Crippen molar-refractivity contribution in [1.29, 1.82) is 0 Å². The van der Waals surface area contributed by atoms with Crippen LogP contribution in [0.5, 0.6) is 0 Å². The van der Waals surface area contributed by atoms with Crippen molar-refractivity contribution in [2.75, 3.05) is 0 Å². The van der Waals surface area contributed by atoms with Gasteiger partial charge in [-0.05, 0) is 83.6 Å². The van der Waals surface area contributed by atoms with Crippen molar-refractivity contribution in [3.8, 4) is 0 Å². The standard InChI is InChI=1S/C40H56O/c1-30(18-13-20-32(3)23-25-37-34(5)22-15-27-39(37,7)8)16-11-12-17-31(2)19-14-21-33(4)24-26-38-35(6)28-36(41)29-40(38,9)10/h11-14,16-26,36-37,41H,15,27-29H2,1-10H3/b12-11+,18-13+,19-14+,25-23+,26-24+,30-16-,31-17-,32-20-,33-21-/t36-,37+/m1/s1. The SMILES string of the molecule is CC1=CCCC(C)(C)[C@H]1/C=C/C(C)=C\C=C\C(C)=C/C=C/C=C(C)\C=C\C=C(C)/C=C/C1=C(C)C[C@@H](O)CC1(C)C. The van der Waals surface area contributed by atoms with Crippen molar-refractivity contribution in [1.82, 2.24) is 0 Å². The summed E-state index contributed by atoms with van der Waals surface area (Å²) in [7, 11) is 0. The molecule has 0 fully saturated rings. The van der Waals surface area contributed by atoms with Gasteiger partial charge in [0.05, 0.1) is 6.10 Å². The quantitative estimate of drug-likeness (QED) is 0.211. The van der Waals surface area contributed by atoms with Gasteiger partial charge in [0.15, 0.2) is 0 Å². The maximum absolute atomic E-state index is 10.1. The van der Waals surface area contributed by atoms with Crippen LogP contribution < -0.4 is 0 Å². The summed E-state index contributed by atoms with van der Waals surface area (Å²) < 4.78 is 0. The van der Waals surface area contributed by atoms with E-state index in [0.717, 1.165) is 12.8 Å². The van der Waals surface area contributed by atoms with Crippen LogP contribution in [0.4, 0.5) is 0 Å². The molecule has 1 heteroatoms. The highest BCUT2D eigenvalue weighted by Crippen LogP contribution is 2.42. The molecular weight excluding hydrogens is 496 g/mol. The molecule has 0 spiro atoms. The van der Waals surface area contributed by atoms with E-state index >= 15 is 0 Å². The molecule has 1 nitrogen and oxygen atoms in total. The van der Waals surface area contributed by atoms with Crippen LogP contribution in [0.15, 0.2) is 130 Å². The van der Waals surface area contributed by atoms with Crippen LogP contribution in [0.25, 0.3) is 0 Å². The molecule has 0 aromatic rings. The third-order valence-electron chi connectivity index (χ3n) is 8.39. The maximum atomic E-state index is 10.1. The Morgan fingerprint density at radius 2 is 1.27 bits per heavy atom. The Morgan fingerprint density at radius 3 is 1.80 bits per heavy atom. The summed E-state index contributed by atoms with van der Waals surface area (Å²) in [5, 5.41) is 10.1. The molecule has 0 radical (unpaired) electrons. The second kappa shape index (κ2) is 15.9. The van der Waals surface area contributed by atoms with Gasteiger partial charge in [0, 0.05) is 5.92 Å². The Hall–Kier alpha value is -2.90. The van der Waals surface area contributed by atoms with Crippen molar-refractivity contribution in [3.63, 3.8) is 0 Å². The minimum atomic E-state index is -0.221. The Bertz CT molecular complexity index is 1240. The lowest BCUT2D eigenvalue weighted by atomic mass is 9.68. The number of rotatable bonds is 10.